The first-order chi connectivity index (χ1) is 19.4. The average molecular weight is 501 g/mol. The highest BCUT2D eigenvalue weighted by Crippen LogP contribution is 2.38. The Labute approximate surface area is 222 Å². The molecule has 0 N–H and O–H groups in total. The first kappa shape index (κ1) is 20.6. The van der Waals surface area contributed by atoms with E-state index in [9.17, 15) is 0 Å². The second-order valence-corrected chi connectivity index (χ2v) is 9.90. The fourth-order valence-electron chi connectivity index (χ4n) is 6.22. The summed E-state index contributed by atoms with van der Waals surface area (Å²) in [5.41, 5.74) is 6.87. The van der Waals surface area contributed by atoms with Crippen molar-refractivity contribution in [2.75, 3.05) is 0 Å². The molecule has 5 heteroatoms. The molecule has 0 spiro atoms. The topological polar surface area (TPSA) is 48.8 Å². The summed E-state index contributed by atoms with van der Waals surface area (Å²) in [4.78, 5) is 9.74. The van der Waals surface area contributed by atoms with E-state index in [0.717, 1.165) is 49.9 Å². The van der Waals surface area contributed by atoms with Crippen LogP contribution in [0.2, 0.25) is 0 Å². The minimum atomic E-state index is 0.601. The molecule has 0 fully saturated rings. The van der Waals surface area contributed by atoms with E-state index in [1.54, 1.807) is 0 Å². The van der Waals surface area contributed by atoms with E-state index in [-0.39, 0.29) is 0 Å². The summed E-state index contributed by atoms with van der Waals surface area (Å²) >= 11 is 0. The van der Waals surface area contributed by atoms with Crippen LogP contribution in [-0.4, -0.2) is 19.1 Å². The Bertz CT molecular complexity index is 2300. The fraction of sp³-hybridized carbons (Fsp3) is 0. The molecule has 0 atom stereocenters. The molecule has 0 saturated heterocycles. The van der Waals surface area contributed by atoms with Gasteiger partial charge >= 0.3 is 0 Å². The number of furan rings is 1. The van der Waals surface area contributed by atoms with E-state index in [1.165, 1.54) is 21.5 Å². The summed E-state index contributed by atoms with van der Waals surface area (Å²) in [5, 5.41) is 6.73. The second-order valence-electron chi connectivity index (χ2n) is 9.90. The van der Waals surface area contributed by atoms with Crippen LogP contribution in [-0.2, 0) is 0 Å². The van der Waals surface area contributed by atoms with Crippen LogP contribution < -0.4 is 0 Å². The molecule has 9 rings (SSSR count). The van der Waals surface area contributed by atoms with Gasteiger partial charge in [0.2, 0.25) is 5.71 Å². The molecule has 0 aliphatic rings. The molecule has 0 bridgehead atoms. The zero-order chi connectivity index (χ0) is 25.5. The molecule has 5 nitrogen and oxygen atoms in total. The summed E-state index contributed by atoms with van der Waals surface area (Å²) in [7, 11) is 0. The highest BCUT2D eigenvalue weighted by molar-refractivity contribution is 6.14. The van der Waals surface area contributed by atoms with Crippen LogP contribution in [0, 0.1) is 0 Å². The maximum absolute atomic E-state index is 6.29. The Hall–Kier alpha value is -5.42. The van der Waals surface area contributed by atoms with E-state index in [2.05, 4.69) is 112 Å². The molecular formula is C34H20N4O. The normalized spacial score (nSPS) is 12.1. The quantitative estimate of drug-likeness (QED) is 0.239. The number of hydrogen-bond acceptors (Lipinski definition) is 3. The van der Waals surface area contributed by atoms with Crippen LogP contribution in [0.4, 0.5) is 0 Å². The maximum atomic E-state index is 6.29. The molecule has 5 aromatic heterocycles. The van der Waals surface area contributed by atoms with Gasteiger partial charge in [-0.1, -0.05) is 72.8 Å². The Morgan fingerprint density at radius 1 is 0.513 bits per heavy atom. The summed E-state index contributed by atoms with van der Waals surface area (Å²) in [5.74, 6) is 0.838. The lowest BCUT2D eigenvalue weighted by atomic mass is 10.2. The third-order valence-electron chi connectivity index (χ3n) is 7.84. The molecule has 0 radical (unpaired) electrons. The van der Waals surface area contributed by atoms with Gasteiger partial charge in [0.25, 0.3) is 0 Å². The maximum Gasteiger partial charge on any atom is 0.227 e. The molecule has 0 aliphatic carbocycles. The van der Waals surface area contributed by atoms with Crippen molar-refractivity contribution >= 4 is 65.7 Å². The largest absolute Gasteiger partial charge is 0.438 e. The number of pyridine rings is 2. The summed E-state index contributed by atoms with van der Waals surface area (Å²) in [6.07, 6.45) is 3.72. The van der Waals surface area contributed by atoms with Gasteiger partial charge in [-0.25, -0.2) is 9.97 Å². The molecule has 9 aromatic rings. The van der Waals surface area contributed by atoms with Crippen LogP contribution in [0.15, 0.2) is 126 Å². The number of hydrogen-bond donors (Lipinski definition) is 0. The van der Waals surface area contributed by atoms with Crippen molar-refractivity contribution in [2.24, 2.45) is 0 Å². The zero-order valence-corrected chi connectivity index (χ0v) is 20.7. The van der Waals surface area contributed by atoms with Crippen LogP contribution in [0.5, 0.6) is 0 Å². The lowest BCUT2D eigenvalue weighted by Gasteiger charge is -2.09. The fourth-order valence-corrected chi connectivity index (χ4v) is 6.22. The van der Waals surface area contributed by atoms with Crippen molar-refractivity contribution in [3.05, 3.63) is 122 Å². The van der Waals surface area contributed by atoms with Crippen molar-refractivity contribution in [1.82, 2.24) is 19.1 Å². The average Bonchev–Trinajstić information content (AvgIpc) is 3.64. The number of benzene rings is 4. The van der Waals surface area contributed by atoms with E-state index >= 15 is 0 Å². The second kappa shape index (κ2) is 7.55. The number of fused-ring (bicyclic) bond motifs is 9. The predicted octanol–water partition coefficient (Wildman–Crippen LogP) is 8.57. The highest BCUT2D eigenvalue weighted by Gasteiger charge is 2.20. The van der Waals surface area contributed by atoms with Gasteiger partial charge in [-0.05, 0) is 30.3 Å². The molecule has 0 aliphatic heterocycles. The van der Waals surface area contributed by atoms with Gasteiger partial charge < -0.3 is 8.98 Å². The van der Waals surface area contributed by atoms with Gasteiger partial charge in [0.1, 0.15) is 11.4 Å². The molecule has 5 heterocycles. The van der Waals surface area contributed by atoms with Gasteiger partial charge in [0, 0.05) is 33.8 Å². The highest BCUT2D eigenvalue weighted by atomic mass is 16.3. The Balaban J connectivity index is 1.40. The van der Waals surface area contributed by atoms with Gasteiger partial charge in [-0.2, -0.15) is 0 Å². The summed E-state index contributed by atoms with van der Waals surface area (Å²) in [6, 6.07) is 38.1. The molecule has 0 amide bonds. The molecule has 182 valence electrons. The van der Waals surface area contributed by atoms with Crippen LogP contribution in [0.1, 0.15) is 0 Å². The van der Waals surface area contributed by atoms with Crippen LogP contribution in [0.3, 0.4) is 0 Å². The smallest absolute Gasteiger partial charge is 0.227 e. The Kier molecular flexibility index (Phi) is 3.99. The molecular weight excluding hydrogens is 480 g/mol. The van der Waals surface area contributed by atoms with Crippen molar-refractivity contribution < 1.29 is 4.42 Å². The van der Waals surface area contributed by atoms with Crippen molar-refractivity contribution in [3.63, 3.8) is 0 Å². The van der Waals surface area contributed by atoms with Crippen molar-refractivity contribution in [2.45, 2.75) is 0 Å². The van der Waals surface area contributed by atoms with Gasteiger partial charge in [0.05, 0.1) is 44.7 Å². The SMILES string of the molecule is c1ccc2c(c1)c1ccccc1n2-c1cnc2oc3ccnc(-n4c5ccccc5c5ccccc54)c3c2c1. The summed E-state index contributed by atoms with van der Waals surface area (Å²) in [6.45, 7) is 0. The Morgan fingerprint density at radius 3 is 1.59 bits per heavy atom. The van der Waals surface area contributed by atoms with E-state index in [0.29, 0.717) is 5.71 Å². The number of nitrogens with zero attached hydrogens (tertiary/aromatic N) is 4. The van der Waals surface area contributed by atoms with Gasteiger partial charge in [-0.15, -0.1) is 0 Å². The van der Waals surface area contributed by atoms with E-state index in [1.807, 2.05) is 18.5 Å². The van der Waals surface area contributed by atoms with Crippen LogP contribution >= 0.6 is 0 Å². The molecule has 39 heavy (non-hydrogen) atoms. The minimum absolute atomic E-state index is 0.601. The van der Waals surface area contributed by atoms with Crippen LogP contribution in [0.25, 0.3) is 77.2 Å². The number of aromatic nitrogens is 4. The zero-order valence-electron chi connectivity index (χ0n) is 20.7. The van der Waals surface area contributed by atoms with E-state index < -0.39 is 0 Å². The third kappa shape index (κ3) is 2.73. The first-order valence-electron chi connectivity index (χ1n) is 13.0. The van der Waals surface area contributed by atoms with Crippen molar-refractivity contribution in [1.29, 1.82) is 0 Å². The lowest BCUT2D eigenvalue weighted by molar-refractivity contribution is 0.653. The lowest BCUT2D eigenvalue weighted by Crippen LogP contribution is -1.98. The van der Waals surface area contributed by atoms with Gasteiger partial charge in [-0.3, -0.25) is 4.57 Å². The minimum Gasteiger partial charge on any atom is -0.438 e. The molecule has 4 aromatic carbocycles. The van der Waals surface area contributed by atoms with Crippen molar-refractivity contribution in [3.8, 4) is 11.5 Å². The van der Waals surface area contributed by atoms with Gasteiger partial charge in [0.15, 0.2) is 0 Å². The number of rotatable bonds is 2. The summed E-state index contributed by atoms with van der Waals surface area (Å²) < 4.78 is 10.8. The third-order valence-corrected chi connectivity index (χ3v) is 7.84. The monoisotopic (exact) mass is 500 g/mol. The first-order valence-corrected chi connectivity index (χ1v) is 13.0. The predicted molar refractivity (Wildman–Crippen MR) is 158 cm³/mol. The van der Waals surface area contributed by atoms with E-state index in [4.69, 9.17) is 14.4 Å². The number of para-hydroxylation sites is 4. The Morgan fingerprint density at radius 2 is 1.03 bits per heavy atom. The molecule has 0 unspecified atom stereocenters. The standard InChI is InChI=1S/C34H20N4O/c1-5-13-27-22(9-1)23-10-2-6-14-28(23)37(27)21-19-26-32-31(39-34(26)36-20-21)17-18-35-33(32)38-29-15-7-3-11-24(29)25-12-4-8-16-30(25)38/h1-20H. The molecule has 0 saturated carbocycles.